The molecule has 1 aliphatic rings. The summed E-state index contributed by atoms with van der Waals surface area (Å²) in [6, 6.07) is 1.03. The Bertz CT molecular complexity index is 524. The first kappa shape index (κ1) is 14.1. The molecule has 0 heterocycles. The van der Waals surface area contributed by atoms with Crippen molar-refractivity contribution in [3.05, 3.63) is 21.9 Å². The molecule has 1 fully saturated rings. The molecule has 0 aliphatic heterocycles. The largest absolute Gasteiger partial charge is 0.503 e. The van der Waals surface area contributed by atoms with E-state index in [9.17, 15) is 19.4 Å². The summed E-state index contributed by atoms with van der Waals surface area (Å²) < 4.78 is 19.2. The van der Waals surface area contributed by atoms with Crippen LogP contribution in [0.4, 0.5) is 4.39 Å². The zero-order valence-electron chi connectivity index (χ0n) is 10.4. The summed E-state index contributed by atoms with van der Waals surface area (Å²) in [5, 5.41) is 19.4. The highest BCUT2D eigenvalue weighted by Gasteiger charge is 2.46. The lowest BCUT2D eigenvalue weighted by atomic mass is 9.78. The number of rotatable bonds is 3. The number of aliphatic carboxylic acids is 1. The Morgan fingerprint density at radius 3 is 2.53 bits per heavy atom. The van der Waals surface area contributed by atoms with Crippen molar-refractivity contribution in [3.63, 3.8) is 0 Å². The Balaban J connectivity index is 2.68. The molecule has 1 saturated carbocycles. The fourth-order valence-electron chi connectivity index (χ4n) is 2.73. The van der Waals surface area contributed by atoms with E-state index >= 15 is 0 Å². The van der Waals surface area contributed by atoms with Gasteiger partial charge in [-0.1, -0.05) is 12.8 Å². The number of carboxylic acids is 1. The Morgan fingerprint density at radius 1 is 1.47 bits per heavy atom. The third-order valence-corrected chi connectivity index (χ3v) is 4.49. The van der Waals surface area contributed by atoms with E-state index in [1.807, 2.05) is 0 Å². The van der Waals surface area contributed by atoms with Crippen LogP contribution in [0.1, 0.15) is 31.2 Å². The molecular formula is C13H14BrFO4. The maximum absolute atomic E-state index is 14.3. The van der Waals surface area contributed by atoms with E-state index in [-0.39, 0.29) is 21.5 Å². The minimum absolute atomic E-state index is 0.0100. The van der Waals surface area contributed by atoms with E-state index in [1.165, 1.54) is 7.11 Å². The first-order valence-corrected chi connectivity index (χ1v) is 6.72. The smallest absolute Gasteiger partial charge is 0.314 e. The number of halogens is 2. The van der Waals surface area contributed by atoms with Gasteiger partial charge in [-0.2, -0.15) is 0 Å². The average molecular weight is 333 g/mol. The second-order valence-corrected chi connectivity index (χ2v) is 5.49. The number of methoxy groups -OCH3 is 1. The molecular weight excluding hydrogens is 319 g/mol. The molecule has 0 saturated heterocycles. The SMILES string of the molecule is COc1cc(F)c(C2(C(=O)O)CCCC2)c(Br)c1O. The van der Waals surface area contributed by atoms with Crippen molar-refractivity contribution in [1.82, 2.24) is 0 Å². The van der Waals surface area contributed by atoms with Gasteiger partial charge in [-0.05, 0) is 28.8 Å². The van der Waals surface area contributed by atoms with Crippen molar-refractivity contribution >= 4 is 21.9 Å². The molecule has 1 aromatic rings. The van der Waals surface area contributed by atoms with Crippen molar-refractivity contribution in [2.75, 3.05) is 7.11 Å². The highest BCUT2D eigenvalue weighted by atomic mass is 79.9. The Labute approximate surface area is 118 Å². The molecule has 1 aromatic carbocycles. The van der Waals surface area contributed by atoms with Crippen molar-refractivity contribution < 1.29 is 24.1 Å². The molecule has 0 atom stereocenters. The average Bonchev–Trinajstić information content (AvgIpc) is 2.84. The standard InChI is InChI=1S/C13H14BrFO4/c1-19-8-6-7(15)9(10(14)11(8)16)13(12(17)18)4-2-3-5-13/h6,16H,2-5H2,1H3,(H,17,18). The summed E-state index contributed by atoms with van der Waals surface area (Å²) in [4.78, 5) is 11.6. The fraction of sp³-hybridized carbons (Fsp3) is 0.462. The highest BCUT2D eigenvalue weighted by Crippen LogP contribution is 2.49. The van der Waals surface area contributed by atoms with Crippen LogP contribution in [0.3, 0.4) is 0 Å². The highest BCUT2D eigenvalue weighted by molar-refractivity contribution is 9.10. The second kappa shape index (κ2) is 5.00. The van der Waals surface area contributed by atoms with E-state index in [2.05, 4.69) is 15.9 Å². The van der Waals surface area contributed by atoms with Gasteiger partial charge in [-0.15, -0.1) is 0 Å². The van der Waals surface area contributed by atoms with Gasteiger partial charge in [0.1, 0.15) is 5.82 Å². The third kappa shape index (κ3) is 2.08. The molecule has 0 radical (unpaired) electrons. The molecule has 2 N–H and O–H groups in total. The van der Waals surface area contributed by atoms with Gasteiger partial charge in [0.2, 0.25) is 0 Å². The van der Waals surface area contributed by atoms with E-state index < -0.39 is 17.2 Å². The van der Waals surface area contributed by atoms with Crippen LogP contribution in [0.5, 0.6) is 11.5 Å². The predicted octanol–water partition coefficient (Wildman–Crippen LogP) is 3.20. The lowest BCUT2D eigenvalue weighted by Crippen LogP contribution is -2.34. The first-order valence-electron chi connectivity index (χ1n) is 5.93. The number of carboxylic acid groups (broad SMARTS) is 1. The maximum Gasteiger partial charge on any atom is 0.314 e. The molecule has 1 aliphatic carbocycles. The molecule has 0 aromatic heterocycles. The van der Waals surface area contributed by atoms with Crippen LogP contribution in [0.25, 0.3) is 0 Å². The number of hydrogen-bond acceptors (Lipinski definition) is 3. The van der Waals surface area contributed by atoms with Gasteiger partial charge in [0.15, 0.2) is 11.5 Å². The van der Waals surface area contributed by atoms with Gasteiger partial charge < -0.3 is 14.9 Å². The van der Waals surface area contributed by atoms with Gasteiger partial charge in [0.25, 0.3) is 0 Å². The summed E-state index contributed by atoms with van der Waals surface area (Å²) in [5.74, 6) is -2.03. The van der Waals surface area contributed by atoms with E-state index in [4.69, 9.17) is 4.74 Å². The van der Waals surface area contributed by atoms with Crippen LogP contribution in [-0.2, 0) is 10.2 Å². The number of phenolic OH excluding ortho intramolecular Hbond substituents is 1. The van der Waals surface area contributed by atoms with Crippen LogP contribution >= 0.6 is 15.9 Å². The normalized spacial score (nSPS) is 17.4. The number of ether oxygens (including phenoxy) is 1. The first-order chi connectivity index (χ1) is 8.94. The molecule has 4 nitrogen and oxygen atoms in total. The summed E-state index contributed by atoms with van der Waals surface area (Å²) in [7, 11) is 1.31. The maximum atomic E-state index is 14.3. The number of carbonyl (C=O) groups is 1. The van der Waals surface area contributed by atoms with Gasteiger partial charge in [0.05, 0.1) is 17.0 Å². The molecule has 104 valence electrons. The predicted molar refractivity (Wildman–Crippen MR) is 70.1 cm³/mol. The lowest BCUT2D eigenvalue weighted by Gasteiger charge is -2.27. The third-order valence-electron chi connectivity index (χ3n) is 3.72. The summed E-state index contributed by atoms with van der Waals surface area (Å²) in [5.41, 5.74) is -1.26. The number of aromatic hydroxyl groups is 1. The van der Waals surface area contributed by atoms with Gasteiger partial charge in [-0.3, -0.25) is 4.79 Å². The molecule has 0 unspecified atom stereocenters. The minimum Gasteiger partial charge on any atom is -0.503 e. The zero-order valence-corrected chi connectivity index (χ0v) is 12.0. The summed E-state index contributed by atoms with van der Waals surface area (Å²) in [6.45, 7) is 0. The molecule has 19 heavy (non-hydrogen) atoms. The van der Waals surface area contributed by atoms with Gasteiger partial charge >= 0.3 is 5.97 Å². The number of hydrogen-bond donors (Lipinski definition) is 2. The van der Waals surface area contributed by atoms with Crippen molar-refractivity contribution in [2.45, 2.75) is 31.1 Å². The van der Waals surface area contributed by atoms with Crippen LogP contribution in [-0.4, -0.2) is 23.3 Å². The molecule has 0 bridgehead atoms. The van der Waals surface area contributed by atoms with Crippen molar-refractivity contribution in [1.29, 1.82) is 0 Å². The van der Waals surface area contributed by atoms with E-state index in [0.29, 0.717) is 12.8 Å². The monoisotopic (exact) mass is 332 g/mol. The molecule has 0 spiro atoms. The van der Waals surface area contributed by atoms with Crippen molar-refractivity contribution in [2.24, 2.45) is 0 Å². The van der Waals surface area contributed by atoms with Crippen molar-refractivity contribution in [3.8, 4) is 11.5 Å². The quantitative estimate of drug-likeness (QED) is 0.891. The Hall–Kier alpha value is -1.30. The van der Waals surface area contributed by atoms with Crippen LogP contribution < -0.4 is 4.74 Å². The Kier molecular flexibility index (Phi) is 3.71. The Morgan fingerprint density at radius 2 is 2.05 bits per heavy atom. The van der Waals surface area contributed by atoms with E-state index in [0.717, 1.165) is 18.9 Å². The fourth-order valence-corrected chi connectivity index (χ4v) is 3.49. The van der Waals surface area contributed by atoms with Crippen LogP contribution in [0, 0.1) is 5.82 Å². The number of benzene rings is 1. The number of phenols is 1. The molecule has 6 heteroatoms. The van der Waals surface area contributed by atoms with Gasteiger partial charge in [0, 0.05) is 11.6 Å². The second-order valence-electron chi connectivity index (χ2n) is 4.69. The van der Waals surface area contributed by atoms with Crippen LogP contribution in [0.15, 0.2) is 10.5 Å². The van der Waals surface area contributed by atoms with Crippen LogP contribution in [0.2, 0.25) is 0 Å². The minimum atomic E-state index is -1.27. The molecule has 0 amide bonds. The topological polar surface area (TPSA) is 66.8 Å². The van der Waals surface area contributed by atoms with Gasteiger partial charge in [-0.25, -0.2) is 4.39 Å². The van der Waals surface area contributed by atoms with E-state index in [1.54, 1.807) is 0 Å². The zero-order chi connectivity index (χ0) is 14.2. The summed E-state index contributed by atoms with van der Waals surface area (Å²) in [6.07, 6.45) is 2.18. The lowest BCUT2D eigenvalue weighted by molar-refractivity contribution is -0.143. The molecule has 2 rings (SSSR count). The summed E-state index contributed by atoms with van der Waals surface area (Å²) >= 11 is 3.10.